The van der Waals surface area contributed by atoms with Gasteiger partial charge < -0.3 is 0 Å². The zero-order chi connectivity index (χ0) is 28.2. The van der Waals surface area contributed by atoms with E-state index in [-0.39, 0.29) is 0 Å². The van der Waals surface area contributed by atoms with Crippen LogP contribution in [0.25, 0.3) is 0 Å². The molecule has 0 saturated heterocycles. The van der Waals surface area contributed by atoms with Crippen LogP contribution in [-0.4, -0.2) is 15.0 Å². The molecule has 0 amide bonds. The zero-order valence-electron chi connectivity index (χ0n) is 25.6. The summed E-state index contributed by atoms with van der Waals surface area (Å²) in [5, 5.41) is 0. The van der Waals surface area contributed by atoms with E-state index in [1.165, 1.54) is 30.4 Å². The molecule has 0 atom stereocenters. The molecular weight excluding hydrogens is 438 g/mol. The molecule has 3 nitrogen and oxygen atoms in total. The van der Waals surface area contributed by atoms with Gasteiger partial charge in [-0.1, -0.05) is 114 Å². The molecule has 0 spiro atoms. The standard InChI is InChI=1S/3C8H11N.3C3H8/c1-7(2)8-3-5-9-6-4-8;1-7(2)8-4-3-5-9-6-8;1-7(2)8-5-3-4-6-9-8;3*1-3-2/h3*3-7H,1-2H3;3*3H2,1-2H3. The molecule has 3 aromatic rings. The third-order valence-electron chi connectivity index (χ3n) is 4.00. The van der Waals surface area contributed by atoms with Crippen LogP contribution in [0.15, 0.2) is 73.4 Å². The Bertz CT molecular complexity index is 647. The fourth-order valence-corrected chi connectivity index (χ4v) is 2.18. The average molecular weight is 496 g/mol. The van der Waals surface area contributed by atoms with Crippen molar-refractivity contribution in [1.82, 2.24) is 15.0 Å². The van der Waals surface area contributed by atoms with Gasteiger partial charge in [0.15, 0.2) is 0 Å². The van der Waals surface area contributed by atoms with Gasteiger partial charge in [0.1, 0.15) is 0 Å². The Balaban J connectivity index is -0.000000390. The number of pyridine rings is 3. The number of aromatic nitrogens is 3. The maximum atomic E-state index is 4.18. The summed E-state index contributed by atoms with van der Waals surface area (Å²) >= 11 is 0. The molecule has 3 heterocycles. The Morgan fingerprint density at radius 3 is 1.25 bits per heavy atom. The minimum atomic E-state index is 0.547. The summed E-state index contributed by atoms with van der Waals surface area (Å²) in [4.78, 5) is 12.1. The molecule has 0 N–H and O–H groups in total. The second kappa shape index (κ2) is 28.7. The third-order valence-corrected chi connectivity index (χ3v) is 4.00. The summed E-state index contributed by atoms with van der Waals surface area (Å²) in [5.41, 5.74) is 3.82. The van der Waals surface area contributed by atoms with Crippen molar-refractivity contribution >= 4 is 0 Å². The molecule has 0 aliphatic carbocycles. The van der Waals surface area contributed by atoms with Crippen LogP contribution in [-0.2, 0) is 0 Å². The Morgan fingerprint density at radius 2 is 1.00 bits per heavy atom. The third kappa shape index (κ3) is 26.1. The first-order chi connectivity index (χ1) is 17.2. The molecule has 3 aromatic heterocycles. The van der Waals surface area contributed by atoms with Gasteiger partial charge in [-0.05, 0) is 59.2 Å². The predicted molar refractivity (Wildman–Crippen MR) is 163 cm³/mol. The van der Waals surface area contributed by atoms with Crippen LogP contribution in [0.2, 0.25) is 0 Å². The zero-order valence-corrected chi connectivity index (χ0v) is 25.6. The lowest BCUT2D eigenvalue weighted by molar-refractivity contribution is 0.823. The second-order valence-electron chi connectivity index (χ2n) is 9.41. The molecule has 3 rings (SSSR count). The van der Waals surface area contributed by atoms with Gasteiger partial charge in [-0.25, -0.2) is 0 Å². The van der Waals surface area contributed by atoms with Crippen molar-refractivity contribution in [2.45, 2.75) is 120 Å². The summed E-state index contributed by atoms with van der Waals surface area (Å²) in [6.45, 7) is 25.7. The van der Waals surface area contributed by atoms with Gasteiger partial charge in [0.05, 0.1) is 0 Å². The van der Waals surface area contributed by atoms with Gasteiger partial charge >= 0.3 is 0 Å². The SMILES string of the molecule is CC(C)c1ccccn1.CC(C)c1cccnc1.CC(C)c1ccncc1.CCC.CCC.CCC. The lowest BCUT2D eigenvalue weighted by Crippen LogP contribution is -1.88. The van der Waals surface area contributed by atoms with Crippen LogP contribution in [0.1, 0.15) is 137 Å². The fraction of sp³-hybridized carbons (Fsp3) is 0.545. The van der Waals surface area contributed by atoms with E-state index in [1.54, 1.807) is 6.20 Å². The summed E-state index contributed by atoms with van der Waals surface area (Å²) < 4.78 is 0. The molecule has 0 saturated carbocycles. The summed E-state index contributed by atoms with van der Waals surface area (Å²) in [6, 6.07) is 14.2. The molecule has 36 heavy (non-hydrogen) atoms. The molecule has 0 aromatic carbocycles. The molecule has 0 unspecified atom stereocenters. The van der Waals surface area contributed by atoms with Crippen molar-refractivity contribution in [3.05, 3.63) is 90.3 Å². The van der Waals surface area contributed by atoms with E-state index in [2.05, 4.69) is 104 Å². The smallest absolute Gasteiger partial charge is 0.0428 e. The van der Waals surface area contributed by atoms with Crippen LogP contribution < -0.4 is 0 Å². The van der Waals surface area contributed by atoms with E-state index < -0.39 is 0 Å². The topological polar surface area (TPSA) is 38.7 Å². The lowest BCUT2D eigenvalue weighted by Gasteiger charge is -2.01. The van der Waals surface area contributed by atoms with Crippen LogP contribution in [0, 0.1) is 0 Å². The van der Waals surface area contributed by atoms with Crippen LogP contribution in [0.4, 0.5) is 0 Å². The molecule has 0 fully saturated rings. The van der Waals surface area contributed by atoms with Gasteiger partial charge in [-0.15, -0.1) is 0 Å². The Kier molecular flexibility index (Phi) is 30.3. The first-order valence-electron chi connectivity index (χ1n) is 13.9. The Morgan fingerprint density at radius 1 is 0.500 bits per heavy atom. The summed E-state index contributed by atoms with van der Waals surface area (Å²) in [5.74, 6) is 1.76. The molecule has 3 heteroatoms. The summed E-state index contributed by atoms with van der Waals surface area (Å²) in [6.07, 6.45) is 12.9. The average Bonchev–Trinajstić information content (AvgIpc) is 2.88. The highest BCUT2D eigenvalue weighted by Gasteiger charge is 1.96. The van der Waals surface area contributed by atoms with Crippen molar-refractivity contribution < 1.29 is 0 Å². The molecule has 0 aliphatic heterocycles. The highest BCUT2D eigenvalue weighted by atomic mass is 14.7. The molecule has 0 aliphatic rings. The van der Waals surface area contributed by atoms with Crippen molar-refractivity contribution in [2.24, 2.45) is 0 Å². The number of nitrogens with zero attached hydrogens (tertiary/aromatic N) is 3. The highest BCUT2D eigenvalue weighted by molar-refractivity contribution is 5.13. The maximum absolute atomic E-state index is 4.18. The van der Waals surface area contributed by atoms with Crippen LogP contribution >= 0.6 is 0 Å². The van der Waals surface area contributed by atoms with Crippen LogP contribution in [0.3, 0.4) is 0 Å². The fourth-order valence-electron chi connectivity index (χ4n) is 2.18. The van der Waals surface area contributed by atoms with Crippen molar-refractivity contribution in [3.8, 4) is 0 Å². The molecule has 0 radical (unpaired) electrons. The normalized spacial score (nSPS) is 9.08. The lowest BCUT2D eigenvalue weighted by atomic mass is 10.1. The minimum Gasteiger partial charge on any atom is -0.265 e. The molecule has 0 bridgehead atoms. The van der Waals surface area contributed by atoms with Crippen molar-refractivity contribution in [1.29, 1.82) is 0 Å². The predicted octanol–water partition coefficient (Wildman–Crippen LogP) is 10.9. The summed E-state index contributed by atoms with van der Waals surface area (Å²) in [7, 11) is 0. The monoisotopic (exact) mass is 495 g/mol. The van der Waals surface area contributed by atoms with Gasteiger partial charge in [0.25, 0.3) is 0 Å². The van der Waals surface area contributed by atoms with E-state index in [0.29, 0.717) is 17.8 Å². The van der Waals surface area contributed by atoms with Gasteiger partial charge in [0.2, 0.25) is 0 Å². The Labute approximate surface area is 225 Å². The largest absolute Gasteiger partial charge is 0.265 e. The van der Waals surface area contributed by atoms with E-state index >= 15 is 0 Å². The van der Waals surface area contributed by atoms with Crippen molar-refractivity contribution in [3.63, 3.8) is 0 Å². The number of hydrogen-bond acceptors (Lipinski definition) is 3. The minimum absolute atomic E-state index is 0.547. The van der Waals surface area contributed by atoms with E-state index in [1.807, 2.05) is 61.2 Å². The van der Waals surface area contributed by atoms with E-state index in [4.69, 9.17) is 0 Å². The Hall–Kier alpha value is -2.55. The number of hydrogen-bond donors (Lipinski definition) is 0. The first-order valence-corrected chi connectivity index (χ1v) is 13.9. The van der Waals surface area contributed by atoms with E-state index in [9.17, 15) is 0 Å². The van der Waals surface area contributed by atoms with Crippen molar-refractivity contribution in [2.75, 3.05) is 0 Å². The van der Waals surface area contributed by atoms with Gasteiger partial charge in [-0.3, -0.25) is 15.0 Å². The maximum Gasteiger partial charge on any atom is 0.0428 e. The quantitative estimate of drug-likeness (QED) is 0.362. The van der Waals surface area contributed by atoms with Gasteiger partial charge in [0, 0.05) is 36.7 Å². The number of rotatable bonds is 3. The molecule has 204 valence electrons. The molecular formula is C33H57N3. The van der Waals surface area contributed by atoms with Crippen LogP contribution in [0.5, 0.6) is 0 Å². The van der Waals surface area contributed by atoms with Gasteiger partial charge in [-0.2, -0.15) is 0 Å². The second-order valence-corrected chi connectivity index (χ2v) is 9.41. The first kappa shape index (κ1) is 38.0. The van der Waals surface area contributed by atoms with E-state index in [0.717, 1.165) is 5.69 Å². The highest BCUT2D eigenvalue weighted by Crippen LogP contribution is 2.11.